The second kappa shape index (κ2) is 5.43. The Balaban J connectivity index is 1.56. The quantitative estimate of drug-likeness (QED) is 0.359. The Morgan fingerprint density at radius 3 is 1.43 bits per heavy atom. The summed E-state index contributed by atoms with van der Waals surface area (Å²) < 4.78 is 6.86. The van der Waals surface area contributed by atoms with Crippen molar-refractivity contribution in [3.8, 4) is 0 Å². The van der Waals surface area contributed by atoms with Crippen LogP contribution in [0.15, 0.2) is 97.1 Å². The molecule has 0 aromatic heterocycles. The lowest BCUT2D eigenvalue weighted by Gasteiger charge is -2.45. The molecule has 0 aliphatic carbocycles. The first-order chi connectivity index (χ1) is 14.6. The number of fused-ring (bicyclic) bond motifs is 12. The van der Waals surface area contributed by atoms with Gasteiger partial charge in [-0.05, 0) is 22.3 Å². The summed E-state index contributed by atoms with van der Waals surface area (Å²) in [5.74, 6) is 1.01. The van der Waals surface area contributed by atoms with Crippen molar-refractivity contribution in [1.82, 2.24) is 0 Å². The van der Waals surface area contributed by atoms with Crippen molar-refractivity contribution in [3.63, 3.8) is 0 Å². The molecule has 0 N–H and O–H groups in total. The van der Waals surface area contributed by atoms with Gasteiger partial charge >= 0.3 is 0 Å². The highest BCUT2D eigenvalue weighted by molar-refractivity contribution is 6.86. The molecule has 30 heavy (non-hydrogen) atoms. The first kappa shape index (κ1) is 17.3. The van der Waals surface area contributed by atoms with Crippen LogP contribution in [0, 0.1) is 11.8 Å². The van der Waals surface area contributed by atoms with E-state index in [2.05, 4.69) is 110 Å². The molecular weight excluding hydrogens is 380 g/mol. The van der Waals surface area contributed by atoms with Gasteiger partial charge in [0, 0.05) is 21.9 Å². The minimum absolute atomic E-state index is 0.0989. The van der Waals surface area contributed by atoms with Crippen molar-refractivity contribution in [2.45, 2.75) is 35.4 Å². The minimum atomic E-state index is -1.89. The fourth-order valence-electron chi connectivity index (χ4n) is 8.11. The summed E-state index contributed by atoms with van der Waals surface area (Å²) in [6.45, 7) is 5.30. The SMILES string of the molecule is C[Si]1(C)[C@]2(c3ccccc3)C=C[C@@]1(c1ccccc1)[C@@H]1[C@H]2[C@@H]2O[C@H]1c1ccccc12. The Morgan fingerprint density at radius 2 is 1.00 bits per heavy atom. The number of hydrogen-bond acceptors (Lipinski definition) is 1. The van der Waals surface area contributed by atoms with Crippen molar-refractivity contribution >= 4 is 8.07 Å². The van der Waals surface area contributed by atoms with Crippen LogP contribution >= 0.6 is 0 Å². The summed E-state index contributed by atoms with van der Waals surface area (Å²) in [5.41, 5.74) is 5.87. The molecule has 2 heteroatoms. The molecule has 0 radical (unpaired) electrons. The highest BCUT2D eigenvalue weighted by atomic mass is 28.3. The fraction of sp³-hybridized carbons (Fsp3) is 0.286. The van der Waals surface area contributed by atoms with E-state index < -0.39 is 8.07 Å². The third-order valence-corrected chi connectivity index (χ3v) is 14.9. The van der Waals surface area contributed by atoms with E-state index in [1.165, 1.54) is 22.3 Å². The summed E-state index contributed by atoms with van der Waals surface area (Å²) in [4.78, 5) is 0. The Kier molecular flexibility index (Phi) is 3.13. The van der Waals surface area contributed by atoms with Gasteiger partial charge in [-0.1, -0.05) is 110 Å². The van der Waals surface area contributed by atoms with Crippen LogP contribution in [0.25, 0.3) is 0 Å². The van der Waals surface area contributed by atoms with Gasteiger partial charge in [-0.3, -0.25) is 0 Å². The van der Waals surface area contributed by atoms with Crippen LogP contribution in [0.2, 0.25) is 13.1 Å². The van der Waals surface area contributed by atoms with Crippen molar-refractivity contribution in [1.29, 1.82) is 0 Å². The maximum atomic E-state index is 6.86. The summed E-state index contributed by atoms with van der Waals surface area (Å²) >= 11 is 0. The molecule has 4 bridgehead atoms. The predicted molar refractivity (Wildman–Crippen MR) is 123 cm³/mol. The van der Waals surface area contributed by atoms with E-state index in [9.17, 15) is 0 Å². The fourth-order valence-corrected chi connectivity index (χ4v) is 13.9. The number of benzene rings is 3. The maximum Gasteiger partial charge on any atom is 0.0878 e. The van der Waals surface area contributed by atoms with Gasteiger partial charge < -0.3 is 4.74 Å². The van der Waals surface area contributed by atoms with Gasteiger partial charge in [0.15, 0.2) is 0 Å². The smallest absolute Gasteiger partial charge is 0.0878 e. The predicted octanol–water partition coefficient (Wildman–Crippen LogP) is 6.29. The van der Waals surface area contributed by atoms with E-state index >= 15 is 0 Å². The monoisotopic (exact) mass is 406 g/mol. The lowest BCUT2D eigenvalue weighted by atomic mass is 9.60. The third-order valence-electron chi connectivity index (χ3n) is 9.17. The Bertz CT molecular complexity index is 1090. The average Bonchev–Trinajstić information content (AvgIpc) is 3.48. The zero-order valence-corrected chi connectivity index (χ0v) is 18.5. The van der Waals surface area contributed by atoms with Crippen molar-refractivity contribution < 1.29 is 4.74 Å². The lowest BCUT2D eigenvalue weighted by Crippen LogP contribution is -2.56. The molecule has 2 saturated heterocycles. The standard InChI is InChI=1S/C28H26OSi/c1-30(2)27(19-11-5-3-6-12-19)17-18-28(30,20-13-7-4-8-14-20)24-23(27)25-21-15-9-10-16-22(21)26(24)29-25/h3-18,23-26H,1-2H3/t23-,24+,25+,26-,27-,28+. The third kappa shape index (κ3) is 1.62. The number of allylic oxidation sites excluding steroid dienone is 2. The van der Waals surface area contributed by atoms with Crippen molar-refractivity contribution in [2.24, 2.45) is 11.8 Å². The Labute approximate surface area is 179 Å². The highest BCUT2D eigenvalue weighted by Gasteiger charge is 2.81. The zero-order valence-electron chi connectivity index (χ0n) is 17.5. The first-order valence-electron chi connectivity index (χ1n) is 11.2. The number of rotatable bonds is 2. The topological polar surface area (TPSA) is 9.23 Å². The minimum Gasteiger partial charge on any atom is -0.365 e. The van der Waals surface area contributed by atoms with E-state index in [4.69, 9.17) is 4.74 Å². The lowest BCUT2D eigenvalue weighted by molar-refractivity contribution is 0.0470. The van der Waals surface area contributed by atoms with Gasteiger partial charge in [0.25, 0.3) is 0 Å². The summed E-state index contributed by atoms with van der Waals surface area (Å²) in [6, 6.07) is 31.7. The average molecular weight is 407 g/mol. The molecule has 0 spiro atoms. The van der Waals surface area contributed by atoms with Crippen LogP contribution < -0.4 is 0 Å². The molecule has 3 aromatic carbocycles. The molecule has 4 heterocycles. The van der Waals surface area contributed by atoms with Crippen molar-refractivity contribution in [3.05, 3.63) is 119 Å². The van der Waals surface area contributed by atoms with Gasteiger partial charge in [-0.15, -0.1) is 0 Å². The molecule has 3 aromatic rings. The van der Waals surface area contributed by atoms with Crippen molar-refractivity contribution in [2.75, 3.05) is 0 Å². The number of ether oxygens (including phenoxy) is 1. The molecule has 7 rings (SSSR count). The number of hydrogen-bond donors (Lipinski definition) is 0. The van der Waals surface area contributed by atoms with E-state index in [1.807, 2.05) is 0 Å². The summed E-state index contributed by atoms with van der Waals surface area (Å²) in [5, 5.41) is 0.198. The molecular formula is C28H26OSi. The maximum absolute atomic E-state index is 6.86. The van der Waals surface area contributed by atoms with E-state index in [0.29, 0.717) is 11.8 Å². The molecule has 6 atom stereocenters. The highest BCUT2D eigenvalue weighted by Crippen LogP contribution is 2.78. The molecule has 4 aliphatic rings. The van der Waals surface area contributed by atoms with Crippen LogP contribution in [0.1, 0.15) is 34.5 Å². The first-order valence-corrected chi connectivity index (χ1v) is 14.2. The van der Waals surface area contributed by atoms with Crippen LogP contribution in [-0.2, 0) is 14.8 Å². The van der Waals surface area contributed by atoms with E-state index in [-0.39, 0.29) is 22.3 Å². The van der Waals surface area contributed by atoms with Crippen LogP contribution in [-0.4, -0.2) is 8.07 Å². The van der Waals surface area contributed by atoms with Crippen LogP contribution in [0.4, 0.5) is 0 Å². The molecule has 0 unspecified atom stereocenters. The van der Waals surface area contributed by atoms with Gasteiger partial charge in [0.05, 0.1) is 20.3 Å². The molecule has 2 fully saturated rings. The largest absolute Gasteiger partial charge is 0.365 e. The molecule has 4 aliphatic heterocycles. The summed E-state index contributed by atoms with van der Waals surface area (Å²) in [6.07, 6.45) is 5.66. The van der Waals surface area contributed by atoms with Crippen LogP contribution in [0.5, 0.6) is 0 Å². The second-order valence-electron chi connectivity index (χ2n) is 10.1. The summed E-state index contributed by atoms with van der Waals surface area (Å²) in [7, 11) is -1.89. The van der Waals surface area contributed by atoms with E-state index in [1.54, 1.807) is 0 Å². The second-order valence-corrected chi connectivity index (χ2v) is 15.0. The molecule has 148 valence electrons. The van der Waals surface area contributed by atoms with Gasteiger partial charge in [0.2, 0.25) is 0 Å². The molecule has 1 nitrogen and oxygen atoms in total. The van der Waals surface area contributed by atoms with Gasteiger partial charge in [-0.2, -0.15) is 0 Å². The van der Waals surface area contributed by atoms with Gasteiger partial charge in [0.1, 0.15) is 0 Å². The molecule has 0 saturated carbocycles. The Morgan fingerprint density at radius 1 is 0.600 bits per heavy atom. The zero-order chi connectivity index (χ0) is 20.1. The molecule has 0 amide bonds. The van der Waals surface area contributed by atoms with Gasteiger partial charge in [-0.25, -0.2) is 0 Å². The van der Waals surface area contributed by atoms with E-state index in [0.717, 1.165) is 0 Å². The normalized spacial score (nSPS) is 38.6. The Hall–Kier alpha value is -2.42. The van der Waals surface area contributed by atoms with Crippen LogP contribution in [0.3, 0.4) is 0 Å².